The Bertz CT molecular complexity index is 629. The van der Waals surface area contributed by atoms with Gasteiger partial charge in [-0.05, 0) is 11.6 Å². The van der Waals surface area contributed by atoms with Crippen molar-refractivity contribution in [1.82, 2.24) is 0 Å². The van der Waals surface area contributed by atoms with Crippen molar-refractivity contribution in [3.63, 3.8) is 0 Å². The maximum Gasteiger partial charge on any atom is 0.157 e. The molecular formula is C16H12Cl4O2. The van der Waals surface area contributed by atoms with E-state index in [-0.39, 0.29) is 11.1 Å². The van der Waals surface area contributed by atoms with Crippen LogP contribution in [0.4, 0.5) is 0 Å². The monoisotopic (exact) mass is 376 g/mol. The van der Waals surface area contributed by atoms with E-state index in [0.29, 0.717) is 28.2 Å². The Hall–Kier alpha value is -1.06. The van der Waals surface area contributed by atoms with Crippen molar-refractivity contribution in [2.45, 2.75) is 6.61 Å². The van der Waals surface area contributed by atoms with Crippen LogP contribution in [0.3, 0.4) is 0 Å². The van der Waals surface area contributed by atoms with Crippen molar-refractivity contribution in [2.24, 2.45) is 0 Å². The van der Waals surface area contributed by atoms with Gasteiger partial charge in [0.1, 0.15) is 23.5 Å². The Kier molecular flexibility index (Phi) is 6.71. The van der Waals surface area contributed by atoms with E-state index in [2.05, 4.69) is 0 Å². The van der Waals surface area contributed by atoms with Gasteiger partial charge in [0.05, 0.1) is 10.0 Å². The van der Waals surface area contributed by atoms with Gasteiger partial charge < -0.3 is 9.47 Å². The highest BCUT2D eigenvalue weighted by Crippen LogP contribution is 2.37. The van der Waals surface area contributed by atoms with Crippen LogP contribution in [-0.2, 0) is 6.61 Å². The van der Waals surface area contributed by atoms with Gasteiger partial charge in [0.2, 0.25) is 0 Å². The molecule has 0 unspecified atom stereocenters. The molecule has 0 heterocycles. The predicted octanol–water partition coefficient (Wildman–Crippen LogP) is 6.27. The third kappa shape index (κ3) is 5.29. The molecule has 0 aromatic heterocycles. The lowest BCUT2D eigenvalue weighted by Gasteiger charge is -2.12. The molecule has 2 aromatic carbocycles. The summed E-state index contributed by atoms with van der Waals surface area (Å²) in [5.74, 6) is 0.929. The summed E-state index contributed by atoms with van der Waals surface area (Å²) < 4.78 is 11.2. The molecule has 0 aliphatic rings. The lowest BCUT2D eigenvalue weighted by Crippen LogP contribution is -1.98. The summed E-state index contributed by atoms with van der Waals surface area (Å²) in [6.45, 7) is 0.601. The van der Waals surface area contributed by atoms with Gasteiger partial charge in [-0.2, -0.15) is 0 Å². The number of halogens is 4. The van der Waals surface area contributed by atoms with E-state index in [4.69, 9.17) is 55.9 Å². The molecule has 0 aliphatic heterocycles. The Morgan fingerprint density at radius 1 is 0.955 bits per heavy atom. The van der Waals surface area contributed by atoms with Crippen LogP contribution in [0, 0.1) is 0 Å². The first-order chi connectivity index (χ1) is 10.6. The minimum absolute atomic E-state index is 0.120. The van der Waals surface area contributed by atoms with Crippen molar-refractivity contribution in [3.05, 3.63) is 68.6 Å². The quantitative estimate of drug-likeness (QED) is 0.590. The predicted molar refractivity (Wildman–Crippen MR) is 92.5 cm³/mol. The average Bonchev–Trinajstić information content (AvgIpc) is 2.49. The molecule has 0 saturated heterocycles. The molecule has 0 bridgehead atoms. The normalized spacial score (nSPS) is 10.2. The van der Waals surface area contributed by atoms with Crippen LogP contribution in [0.1, 0.15) is 5.56 Å². The molecule has 0 amide bonds. The van der Waals surface area contributed by atoms with E-state index in [1.54, 1.807) is 12.1 Å². The van der Waals surface area contributed by atoms with Gasteiger partial charge in [-0.25, -0.2) is 0 Å². The van der Waals surface area contributed by atoms with Crippen LogP contribution in [0.15, 0.2) is 53.0 Å². The lowest BCUT2D eigenvalue weighted by molar-refractivity contribution is 0.305. The van der Waals surface area contributed by atoms with Crippen LogP contribution in [0.2, 0.25) is 10.0 Å². The van der Waals surface area contributed by atoms with Crippen LogP contribution in [-0.4, -0.2) is 6.61 Å². The number of hydrogen-bond donors (Lipinski definition) is 0. The summed E-state index contributed by atoms with van der Waals surface area (Å²) in [4.78, 5) is 0. The zero-order valence-electron chi connectivity index (χ0n) is 11.4. The molecule has 0 spiro atoms. The van der Waals surface area contributed by atoms with E-state index in [1.807, 2.05) is 30.3 Å². The molecule has 2 rings (SSSR count). The fourth-order valence-electron chi connectivity index (χ4n) is 1.69. The van der Waals surface area contributed by atoms with Crippen molar-refractivity contribution in [3.8, 4) is 11.5 Å². The van der Waals surface area contributed by atoms with Crippen LogP contribution in [0.25, 0.3) is 0 Å². The topological polar surface area (TPSA) is 18.5 Å². The number of hydrogen-bond acceptors (Lipinski definition) is 2. The van der Waals surface area contributed by atoms with Crippen molar-refractivity contribution in [1.29, 1.82) is 0 Å². The summed E-state index contributed by atoms with van der Waals surface area (Å²) in [7, 11) is 0. The van der Waals surface area contributed by atoms with Gasteiger partial charge in [-0.15, -0.1) is 0 Å². The molecule has 0 N–H and O–H groups in total. The van der Waals surface area contributed by atoms with Crippen molar-refractivity contribution < 1.29 is 9.47 Å². The number of rotatable bonds is 6. The van der Waals surface area contributed by atoms with Gasteiger partial charge in [-0.1, -0.05) is 76.7 Å². The number of benzene rings is 2. The molecule has 22 heavy (non-hydrogen) atoms. The standard InChI is InChI=1S/C16H12Cl4O2/c17-13-8-12(22-10-11-4-2-1-3-5-11)9-14(18)16(13)21-7-6-15(19)20/h1-6,8-9H,7,10H2. The first-order valence-electron chi connectivity index (χ1n) is 6.36. The van der Waals surface area contributed by atoms with Gasteiger partial charge in [-0.3, -0.25) is 0 Å². The van der Waals surface area contributed by atoms with Gasteiger partial charge in [0.15, 0.2) is 5.75 Å². The molecule has 116 valence electrons. The first-order valence-corrected chi connectivity index (χ1v) is 7.87. The van der Waals surface area contributed by atoms with Crippen molar-refractivity contribution in [2.75, 3.05) is 6.61 Å². The maximum absolute atomic E-state index is 6.16. The molecule has 0 aliphatic carbocycles. The third-order valence-corrected chi connectivity index (χ3v) is 3.56. The van der Waals surface area contributed by atoms with E-state index >= 15 is 0 Å². The fraction of sp³-hybridized carbons (Fsp3) is 0.125. The second kappa shape index (κ2) is 8.54. The molecule has 6 heteroatoms. The largest absolute Gasteiger partial charge is 0.489 e. The molecule has 0 atom stereocenters. The van der Waals surface area contributed by atoms with Crippen LogP contribution in [0.5, 0.6) is 11.5 Å². The zero-order chi connectivity index (χ0) is 15.9. The molecule has 0 fully saturated rings. The smallest absolute Gasteiger partial charge is 0.157 e. The van der Waals surface area contributed by atoms with E-state index in [0.717, 1.165) is 5.56 Å². The second-order valence-electron chi connectivity index (χ2n) is 4.30. The first kappa shape index (κ1) is 17.3. The molecular weight excluding hydrogens is 366 g/mol. The summed E-state index contributed by atoms with van der Waals surface area (Å²) >= 11 is 23.3. The summed E-state index contributed by atoms with van der Waals surface area (Å²) in [6, 6.07) is 13.1. The van der Waals surface area contributed by atoms with Gasteiger partial charge in [0, 0.05) is 12.1 Å². The number of ether oxygens (including phenoxy) is 2. The zero-order valence-corrected chi connectivity index (χ0v) is 14.4. The minimum atomic E-state index is 0.120. The highest BCUT2D eigenvalue weighted by molar-refractivity contribution is 6.55. The Morgan fingerprint density at radius 2 is 1.59 bits per heavy atom. The molecule has 2 nitrogen and oxygen atoms in total. The Balaban J connectivity index is 2.04. The van der Waals surface area contributed by atoms with Crippen molar-refractivity contribution >= 4 is 46.4 Å². The fourth-order valence-corrected chi connectivity index (χ4v) is 2.39. The van der Waals surface area contributed by atoms with Gasteiger partial charge >= 0.3 is 0 Å². The van der Waals surface area contributed by atoms with Crippen LogP contribution >= 0.6 is 46.4 Å². The van der Waals surface area contributed by atoms with E-state index in [1.165, 1.54) is 6.08 Å². The molecule has 2 aromatic rings. The minimum Gasteiger partial charge on any atom is -0.489 e. The highest BCUT2D eigenvalue weighted by Gasteiger charge is 2.10. The summed E-state index contributed by atoms with van der Waals surface area (Å²) in [6.07, 6.45) is 1.50. The molecule has 0 radical (unpaired) electrons. The lowest BCUT2D eigenvalue weighted by atomic mass is 10.2. The Labute approximate surface area is 149 Å². The average molecular weight is 378 g/mol. The maximum atomic E-state index is 6.16. The highest BCUT2D eigenvalue weighted by atomic mass is 35.5. The Morgan fingerprint density at radius 3 is 2.18 bits per heavy atom. The van der Waals surface area contributed by atoms with E-state index in [9.17, 15) is 0 Å². The molecule has 0 saturated carbocycles. The SMILES string of the molecule is ClC(Cl)=CCOc1c(Cl)cc(OCc2ccccc2)cc1Cl. The van der Waals surface area contributed by atoms with Crippen LogP contribution < -0.4 is 9.47 Å². The third-order valence-electron chi connectivity index (χ3n) is 2.69. The summed E-state index contributed by atoms with van der Waals surface area (Å²) in [5.41, 5.74) is 1.05. The summed E-state index contributed by atoms with van der Waals surface area (Å²) in [5, 5.41) is 0.712. The van der Waals surface area contributed by atoms with E-state index < -0.39 is 0 Å². The second-order valence-corrected chi connectivity index (χ2v) is 6.12. The van der Waals surface area contributed by atoms with Gasteiger partial charge in [0.25, 0.3) is 0 Å².